The minimum absolute atomic E-state index is 0.276. The third-order valence-electron chi connectivity index (χ3n) is 3.84. The summed E-state index contributed by atoms with van der Waals surface area (Å²) in [6.07, 6.45) is 1.55. The average molecular weight is 353 g/mol. The Hall–Kier alpha value is -2.92. The van der Waals surface area contributed by atoms with Crippen molar-refractivity contribution < 1.29 is 4.79 Å². The van der Waals surface area contributed by atoms with Crippen molar-refractivity contribution in [1.82, 2.24) is 9.97 Å². The molecular weight excluding hydrogens is 336 g/mol. The minimum atomic E-state index is -0.311. The average Bonchev–Trinajstić information content (AvgIpc) is 2.61. The standard InChI is InChI=1S/C19H17ClN4O/c1-12-4-3-5-16(13(12)2)23-19-21-11-10-17(24-19)18(25)22-15-8-6-14(20)7-9-15/h3-11H,1-2H3,(H,22,25)(H,21,23,24). The first-order chi connectivity index (χ1) is 12.0. The van der Waals surface area contributed by atoms with Crippen LogP contribution in [-0.2, 0) is 0 Å². The third-order valence-corrected chi connectivity index (χ3v) is 4.09. The highest BCUT2D eigenvalue weighted by Gasteiger charge is 2.10. The van der Waals surface area contributed by atoms with E-state index in [0.717, 1.165) is 11.3 Å². The van der Waals surface area contributed by atoms with E-state index in [1.807, 2.05) is 32.0 Å². The summed E-state index contributed by atoms with van der Waals surface area (Å²) < 4.78 is 0. The maximum Gasteiger partial charge on any atom is 0.274 e. The topological polar surface area (TPSA) is 66.9 Å². The number of carbonyl (C=O) groups is 1. The van der Waals surface area contributed by atoms with Crippen LogP contribution in [0.2, 0.25) is 5.02 Å². The number of benzene rings is 2. The molecule has 5 nitrogen and oxygen atoms in total. The van der Waals surface area contributed by atoms with E-state index in [1.165, 1.54) is 5.56 Å². The molecule has 1 amide bonds. The predicted molar refractivity (Wildman–Crippen MR) is 101 cm³/mol. The van der Waals surface area contributed by atoms with Gasteiger partial charge in [0.25, 0.3) is 5.91 Å². The molecule has 3 rings (SSSR count). The maximum atomic E-state index is 12.4. The monoisotopic (exact) mass is 352 g/mol. The van der Waals surface area contributed by atoms with Crippen molar-refractivity contribution in [2.75, 3.05) is 10.6 Å². The second-order valence-electron chi connectivity index (χ2n) is 5.60. The van der Waals surface area contributed by atoms with Crippen LogP contribution in [-0.4, -0.2) is 15.9 Å². The molecule has 0 spiro atoms. The van der Waals surface area contributed by atoms with E-state index in [-0.39, 0.29) is 11.6 Å². The summed E-state index contributed by atoms with van der Waals surface area (Å²) in [6.45, 7) is 4.06. The quantitative estimate of drug-likeness (QED) is 0.711. The van der Waals surface area contributed by atoms with Gasteiger partial charge in [0.15, 0.2) is 0 Å². The number of aryl methyl sites for hydroxylation is 1. The van der Waals surface area contributed by atoms with Crippen LogP contribution in [0.3, 0.4) is 0 Å². The Kier molecular flexibility index (Phi) is 4.95. The molecule has 0 fully saturated rings. The molecule has 0 saturated carbocycles. The Morgan fingerprint density at radius 3 is 2.56 bits per heavy atom. The first-order valence-corrected chi connectivity index (χ1v) is 8.14. The molecule has 2 N–H and O–H groups in total. The smallest absolute Gasteiger partial charge is 0.274 e. The first-order valence-electron chi connectivity index (χ1n) is 7.76. The number of rotatable bonds is 4. The number of amides is 1. The molecule has 2 aromatic carbocycles. The van der Waals surface area contributed by atoms with E-state index in [9.17, 15) is 4.79 Å². The summed E-state index contributed by atoms with van der Waals surface area (Å²) in [5.74, 6) is 0.0613. The van der Waals surface area contributed by atoms with Crippen molar-refractivity contribution in [1.29, 1.82) is 0 Å². The zero-order chi connectivity index (χ0) is 17.8. The van der Waals surface area contributed by atoms with Crippen LogP contribution in [0.1, 0.15) is 21.6 Å². The number of anilines is 3. The molecule has 126 valence electrons. The van der Waals surface area contributed by atoms with Gasteiger partial charge in [0.1, 0.15) is 5.69 Å². The van der Waals surface area contributed by atoms with E-state index in [4.69, 9.17) is 11.6 Å². The van der Waals surface area contributed by atoms with E-state index in [0.29, 0.717) is 16.7 Å². The van der Waals surface area contributed by atoms with Gasteiger partial charge in [-0.25, -0.2) is 9.97 Å². The summed E-state index contributed by atoms with van der Waals surface area (Å²) in [5, 5.41) is 6.55. The Bertz CT molecular complexity index is 910. The van der Waals surface area contributed by atoms with Gasteiger partial charge in [-0.05, 0) is 61.4 Å². The summed E-state index contributed by atoms with van der Waals surface area (Å²) >= 11 is 5.85. The Morgan fingerprint density at radius 1 is 1.04 bits per heavy atom. The lowest BCUT2D eigenvalue weighted by Crippen LogP contribution is -2.14. The van der Waals surface area contributed by atoms with Crippen LogP contribution in [0.5, 0.6) is 0 Å². The summed E-state index contributed by atoms with van der Waals surface area (Å²) in [7, 11) is 0. The van der Waals surface area contributed by atoms with Crippen molar-refractivity contribution in [3.05, 3.63) is 76.6 Å². The van der Waals surface area contributed by atoms with Crippen LogP contribution in [0.15, 0.2) is 54.7 Å². The van der Waals surface area contributed by atoms with Crippen molar-refractivity contribution in [2.24, 2.45) is 0 Å². The molecule has 25 heavy (non-hydrogen) atoms. The van der Waals surface area contributed by atoms with Crippen molar-refractivity contribution in [3.8, 4) is 0 Å². The summed E-state index contributed by atoms with van der Waals surface area (Å²) in [4.78, 5) is 20.8. The molecule has 0 radical (unpaired) electrons. The van der Waals surface area contributed by atoms with Crippen LogP contribution in [0.25, 0.3) is 0 Å². The third kappa shape index (κ3) is 4.14. The van der Waals surface area contributed by atoms with Gasteiger partial charge in [0.2, 0.25) is 5.95 Å². The first kappa shape index (κ1) is 16.9. The largest absolute Gasteiger partial charge is 0.324 e. The molecule has 3 aromatic rings. The van der Waals surface area contributed by atoms with Gasteiger partial charge in [0, 0.05) is 22.6 Å². The van der Waals surface area contributed by atoms with Gasteiger partial charge in [0.05, 0.1) is 0 Å². The van der Waals surface area contributed by atoms with E-state index in [2.05, 4.69) is 20.6 Å². The number of halogens is 1. The van der Waals surface area contributed by atoms with Crippen molar-refractivity contribution in [2.45, 2.75) is 13.8 Å². The normalized spacial score (nSPS) is 10.4. The Labute approximate surface area is 151 Å². The number of aromatic nitrogens is 2. The molecule has 0 aliphatic carbocycles. The van der Waals surface area contributed by atoms with Crippen LogP contribution < -0.4 is 10.6 Å². The number of nitrogens with zero attached hydrogens (tertiary/aromatic N) is 2. The highest BCUT2D eigenvalue weighted by Crippen LogP contribution is 2.21. The number of hydrogen-bond donors (Lipinski definition) is 2. The highest BCUT2D eigenvalue weighted by atomic mass is 35.5. The molecule has 1 heterocycles. The fourth-order valence-corrected chi connectivity index (χ4v) is 2.41. The lowest BCUT2D eigenvalue weighted by atomic mass is 10.1. The molecule has 0 atom stereocenters. The van der Waals surface area contributed by atoms with Gasteiger partial charge >= 0.3 is 0 Å². The van der Waals surface area contributed by atoms with Crippen molar-refractivity contribution >= 4 is 34.8 Å². The molecule has 0 bridgehead atoms. The molecule has 1 aromatic heterocycles. The van der Waals surface area contributed by atoms with Gasteiger partial charge in [-0.3, -0.25) is 4.79 Å². The SMILES string of the molecule is Cc1cccc(Nc2nccc(C(=O)Nc3ccc(Cl)cc3)n2)c1C. The lowest BCUT2D eigenvalue weighted by molar-refractivity contribution is 0.102. The molecule has 0 aliphatic heterocycles. The molecule has 0 aliphatic rings. The number of nitrogens with one attached hydrogen (secondary N) is 2. The molecular formula is C19H17ClN4O. The Balaban J connectivity index is 1.77. The Morgan fingerprint density at radius 2 is 1.80 bits per heavy atom. The van der Waals surface area contributed by atoms with E-state index in [1.54, 1.807) is 36.5 Å². The highest BCUT2D eigenvalue weighted by molar-refractivity contribution is 6.30. The van der Waals surface area contributed by atoms with Gasteiger partial charge in [-0.15, -0.1) is 0 Å². The fourth-order valence-electron chi connectivity index (χ4n) is 2.28. The van der Waals surface area contributed by atoms with Crippen LogP contribution in [0, 0.1) is 13.8 Å². The lowest BCUT2D eigenvalue weighted by Gasteiger charge is -2.11. The zero-order valence-corrected chi connectivity index (χ0v) is 14.6. The summed E-state index contributed by atoms with van der Waals surface area (Å²) in [6, 6.07) is 14.4. The summed E-state index contributed by atoms with van der Waals surface area (Å²) in [5.41, 5.74) is 4.12. The van der Waals surface area contributed by atoms with Gasteiger partial charge in [-0.1, -0.05) is 23.7 Å². The maximum absolute atomic E-state index is 12.4. The molecule has 6 heteroatoms. The molecule has 0 saturated heterocycles. The minimum Gasteiger partial charge on any atom is -0.324 e. The second kappa shape index (κ2) is 7.32. The van der Waals surface area contributed by atoms with Gasteiger partial charge < -0.3 is 10.6 Å². The second-order valence-corrected chi connectivity index (χ2v) is 6.04. The van der Waals surface area contributed by atoms with Crippen molar-refractivity contribution in [3.63, 3.8) is 0 Å². The zero-order valence-electron chi connectivity index (χ0n) is 13.9. The van der Waals surface area contributed by atoms with Crippen LogP contribution >= 0.6 is 11.6 Å². The number of hydrogen-bond acceptors (Lipinski definition) is 4. The van der Waals surface area contributed by atoms with Crippen LogP contribution in [0.4, 0.5) is 17.3 Å². The fraction of sp³-hybridized carbons (Fsp3) is 0.105. The number of carbonyl (C=O) groups excluding carboxylic acids is 1. The van der Waals surface area contributed by atoms with E-state index < -0.39 is 0 Å². The van der Waals surface area contributed by atoms with Gasteiger partial charge in [-0.2, -0.15) is 0 Å². The van der Waals surface area contributed by atoms with E-state index >= 15 is 0 Å². The predicted octanol–water partition coefficient (Wildman–Crippen LogP) is 4.74. The molecule has 0 unspecified atom stereocenters.